The molecule has 0 bridgehead atoms. The molecule has 1 aromatic heterocycles. The normalized spacial score (nSPS) is 15.0. The molecule has 1 aliphatic rings. The smallest absolute Gasteiger partial charge is 0.340 e. The molecule has 1 N–H and O–H groups in total. The lowest BCUT2D eigenvalue weighted by atomic mass is 9.91. The van der Waals surface area contributed by atoms with Gasteiger partial charge in [0.15, 0.2) is 0 Å². The summed E-state index contributed by atoms with van der Waals surface area (Å²) in [6.45, 7) is 8.59. The first kappa shape index (κ1) is 20.2. The molecule has 6 nitrogen and oxygen atoms in total. The van der Waals surface area contributed by atoms with Crippen LogP contribution in [0.3, 0.4) is 0 Å². The molecule has 0 spiro atoms. The van der Waals surface area contributed by atoms with Crippen LogP contribution in [0.5, 0.6) is 11.5 Å². The van der Waals surface area contributed by atoms with E-state index in [0.29, 0.717) is 29.2 Å². The molecule has 152 valence electrons. The molecule has 0 unspecified atom stereocenters. The van der Waals surface area contributed by atoms with Crippen molar-refractivity contribution in [3.63, 3.8) is 0 Å². The van der Waals surface area contributed by atoms with Crippen LogP contribution in [0.2, 0.25) is 0 Å². The van der Waals surface area contributed by atoms with Gasteiger partial charge in [0.1, 0.15) is 22.7 Å². The van der Waals surface area contributed by atoms with Gasteiger partial charge in [0, 0.05) is 18.2 Å². The quantitative estimate of drug-likeness (QED) is 0.604. The van der Waals surface area contributed by atoms with Crippen LogP contribution >= 0.6 is 0 Å². The highest BCUT2D eigenvalue weighted by molar-refractivity contribution is 5.93. The highest BCUT2D eigenvalue weighted by atomic mass is 16.5. The number of nitrogens with one attached hydrogen (secondary N) is 1. The average molecular weight is 387 g/mol. The minimum Gasteiger partial charge on any atom is -0.496 e. The molecule has 0 atom stereocenters. The predicted octanol–water partition coefficient (Wildman–Crippen LogP) is 3.67. The third-order valence-electron chi connectivity index (χ3n) is 5.35. The fourth-order valence-electron chi connectivity index (χ4n) is 3.67. The Balaban J connectivity index is 2.08. The number of rotatable bonds is 6. The molecule has 0 fully saturated rings. The maximum Gasteiger partial charge on any atom is 0.340 e. The molecule has 0 saturated carbocycles. The SMILES string of the molecule is CCCCNC(=O)Cc1c(C)c2c(OC)cc3c(c2oc1=O)CCC(C)(C)O3. The van der Waals surface area contributed by atoms with Crippen LogP contribution in [0.15, 0.2) is 15.3 Å². The van der Waals surface area contributed by atoms with Crippen LogP contribution in [0.1, 0.15) is 56.7 Å². The minimum atomic E-state index is -0.476. The van der Waals surface area contributed by atoms with Gasteiger partial charge in [-0.15, -0.1) is 0 Å². The molecule has 28 heavy (non-hydrogen) atoms. The van der Waals surface area contributed by atoms with E-state index in [-0.39, 0.29) is 17.9 Å². The van der Waals surface area contributed by atoms with E-state index in [0.717, 1.165) is 42.2 Å². The standard InChI is InChI=1S/C22H29NO5/c1-6-7-10-23-18(24)11-15-13(2)19-17(26-5)12-16-14(20(19)27-21(15)25)8-9-22(3,4)28-16/h12H,6-11H2,1-5H3,(H,23,24). The predicted molar refractivity (Wildman–Crippen MR) is 108 cm³/mol. The molecule has 1 aliphatic heterocycles. The van der Waals surface area contributed by atoms with E-state index in [9.17, 15) is 9.59 Å². The number of hydrogen-bond acceptors (Lipinski definition) is 5. The number of methoxy groups -OCH3 is 1. The summed E-state index contributed by atoms with van der Waals surface area (Å²) in [7, 11) is 1.58. The summed E-state index contributed by atoms with van der Waals surface area (Å²) in [5.74, 6) is 1.10. The Morgan fingerprint density at radius 1 is 1.36 bits per heavy atom. The van der Waals surface area contributed by atoms with Gasteiger partial charge in [-0.05, 0) is 45.6 Å². The number of carbonyl (C=O) groups excluding carboxylic acids is 1. The fourth-order valence-corrected chi connectivity index (χ4v) is 3.67. The number of amides is 1. The topological polar surface area (TPSA) is 77.8 Å². The van der Waals surface area contributed by atoms with Crippen LogP contribution < -0.4 is 20.4 Å². The summed E-state index contributed by atoms with van der Waals surface area (Å²) in [6.07, 6.45) is 3.48. The molecule has 1 aromatic carbocycles. The molecular weight excluding hydrogens is 358 g/mol. The summed E-state index contributed by atoms with van der Waals surface area (Å²) in [6, 6.07) is 1.86. The van der Waals surface area contributed by atoms with Crippen LogP contribution in [-0.4, -0.2) is 25.2 Å². The Morgan fingerprint density at radius 2 is 2.11 bits per heavy atom. The highest BCUT2D eigenvalue weighted by Crippen LogP contribution is 2.43. The zero-order valence-electron chi connectivity index (χ0n) is 17.4. The second-order valence-electron chi connectivity index (χ2n) is 7.99. The van der Waals surface area contributed by atoms with Crippen molar-refractivity contribution in [2.75, 3.05) is 13.7 Å². The number of hydrogen-bond donors (Lipinski definition) is 1. The van der Waals surface area contributed by atoms with Gasteiger partial charge in [0.2, 0.25) is 5.91 Å². The number of fused-ring (bicyclic) bond motifs is 3. The molecule has 6 heteroatoms. The van der Waals surface area contributed by atoms with E-state index < -0.39 is 5.63 Å². The highest BCUT2D eigenvalue weighted by Gasteiger charge is 2.31. The number of unbranched alkanes of at least 4 members (excludes halogenated alkanes) is 1. The Kier molecular flexibility index (Phi) is 5.68. The first-order chi connectivity index (χ1) is 13.3. The fraction of sp³-hybridized carbons (Fsp3) is 0.545. The molecule has 0 saturated heterocycles. The van der Waals surface area contributed by atoms with Crippen LogP contribution in [0, 0.1) is 6.92 Å². The van der Waals surface area contributed by atoms with Gasteiger partial charge in [-0.1, -0.05) is 13.3 Å². The van der Waals surface area contributed by atoms with Crippen molar-refractivity contribution in [3.8, 4) is 11.5 Å². The Hall–Kier alpha value is -2.50. The summed E-state index contributed by atoms with van der Waals surface area (Å²) in [5.41, 5.74) is 1.73. The third-order valence-corrected chi connectivity index (χ3v) is 5.35. The summed E-state index contributed by atoms with van der Waals surface area (Å²) in [5, 5.41) is 3.59. The number of aryl methyl sites for hydroxylation is 2. The van der Waals surface area contributed by atoms with Gasteiger partial charge in [0.25, 0.3) is 0 Å². The van der Waals surface area contributed by atoms with E-state index in [1.807, 2.05) is 26.8 Å². The lowest BCUT2D eigenvalue weighted by molar-refractivity contribution is -0.120. The Labute approximate surface area is 165 Å². The first-order valence-electron chi connectivity index (χ1n) is 9.89. The van der Waals surface area contributed by atoms with Crippen LogP contribution in [-0.2, 0) is 17.6 Å². The van der Waals surface area contributed by atoms with Gasteiger partial charge in [-0.3, -0.25) is 4.79 Å². The van der Waals surface area contributed by atoms with Crippen molar-refractivity contribution in [1.29, 1.82) is 0 Å². The monoisotopic (exact) mass is 387 g/mol. The second-order valence-corrected chi connectivity index (χ2v) is 7.99. The van der Waals surface area contributed by atoms with Crippen molar-refractivity contribution >= 4 is 16.9 Å². The van der Waals surface area contributed by atoms with Gasteiger partial charge in [0.05, 0.1) is 24.5 Å². The molecular formula is C22H29NO5. The molecule has 2 aromatic rings. The summed E-state index contributed by atoms with van der Waals surface area (Å²) >= 11 is 0. The molecule has 1 amide bonds. The molecule has 0 aliphatic carbocycles. The molecule has 0 radical (unpaired) electrons. The van der Waals surface area contributed by atoms with E-state index >= 15 is 0 Å². The average Bonchev–Trinajstić information content (AvgIpc) is 2.63. The van der Waals surface area contributed by atoms with Crippen molar-refractivity contribution in [3.05, 3.63) is 33.2 Å². The van der Waals surface area contributed by atoms with E-state index in [4.69, 9.17) is 13.9 Å². The van der Waals surface area contributed by atoms with Crippen molar-refractivity contribution in [1.82, 2.24) is 5.32 Å². The first-order valence-corrected chi connectivity index (χ1v) is 9.89. The van der Waals surface area contributed by atoms with Crippen molar-refractivity contribution in [2.24, 2.45) is 0 Å². The lowest BCUT2D eigenvalue weighted by Crippen LogP contribution is -2.33. The zero-order valence-corrected chi connectivity index (χ0v) is 17.4. The lowest BCUT2D eigenvalue weighted by Gasteiger charge is -2.33. The minimum absolute atomic E-state index is 0.00239. The number of carbonyl (C=O) groups is 1. The van der Waals surface area contributed by atoms with E-state index in [2.05, 4.69) is 12.2 Å². The van der Waals surface area contributed by atoms with E-state index in [1.54, 1.807) is 7.11 Å². The second kappa shape index (κ2) is 7.86. The van der Waals surface area contributed by atoms with Crippen molar-refractivity contribution in [2.45, 2.75) is 65.4 Å². The van der Waals surface area contributed by atoms with Crippen LogP contribution in [0.4, 0.5) is 0 Å². The van der Waals surface area contributed by atoms with E-state index in [1.165, 1.54) is 0 Å². The maximum atomic E-state index is 12.7. The van der Waals surface area contributed by atoms with Crippen molar-refractivity contribution < 1.29 is 18.7 Å². The zero-order chi connectivity index (χ0) is 20.5. The number of ether oxygens (including phenoxy) is 2. The van der Waals surface area contributed by atoms with Gasteiger partial charge < -0.3 is 19.2 Å². The largest absolute Gasteiger partial charge is 0.496 e. The number of benzene rings is 1. The summed E-state index contributed by atoms with van der Waals surface area (Å²) < 4.78 is 17.4. The maximum absolute atomic E-state index is 12.7. The summed E-state index contributed by atoms with van der Waals surface area (Å²) in [4.78, 5) is 24.9. The Morgan fingerprint density at radius 3 is 2.79 bits per heavy atom. The third kappa shape index (κ3) is 3.86. The molecule has 2 heterocycles. The van der Waals surface area contributed by atoms with Gasteiger partial charge in [-0.25, -0.2) is 4.79 Å². The Bertz CT molecular complexity index is 958. The van der Waals surface area contributed by atoms with Gasteiger partial charge in [-0.2, -0.15) is 0 Å². The van der Waals surface area contributed by atoms with Gasteiger partial charge >= 0.3 is 5.63 Å². The molecule has 3 rings (SSSR count). The van der Waals surface area contributed by atoms with Crippen LogP contribution in [0.25, 0.3) is 11.0 Å².